The lowest BCUT2D eigenvalue weighted by Gasteiger charge is -2.08. The minimum Gasteiger partial charge on any atom is -0.479 e. The summed E-state index contributed by atoms with van der Waals surface area (Å²) in [6, 6.07) is -0.613. The Balaban J connectivity index is 3.74. The van der Waals surface area contributed by atoms with Crippen LogP contribution in [-0.4, -0.2) is 42.3 Å². The summed E-state index contributed by atoms with van der Waals surface area (Å²) in [7, 11) is 0. The number of rotatable bonds is 6. The molecule has 7 nitrogen and oxygen atoms in total. The van der Waals surface area contributed by atoms with Crippen LogP contribution >= 0.6 is 0 Å². The van der Waals surface area contributed by atoms with Gasteiger partial charge in [-0.15, -0.1) is 0 Å². The summed E-state index contributed by atoms with van der Waals surface area (Å²) in [5, 5.41) is 12.9. The van der Waals surface area contributed by atoms with Gasteiger partial charge in [-0.2, -0.15) is 0 Å². The van der Waals surface area contributed by atoms with Crippen LogP contribution in [0.2, 0.25) is 0 Å². The third-order valence-corrected chi connectivity index (χ3v) is 1.60. The second-order valence-corrected chi connectivity index (χ2v) is 3.10. The Morgan fingerprint density at radius 3 is 2.50 bits per heavy atom. The third kappa shape index (κ3) is 6.77. The smallest absolute Gasteiger partial charge is 0.332 e. The van der Waals surface area contributed by atoms with Gasteiger partial charge in [0.1, 0.15) is 6.61 Å². The fourth-order valence-electron chi connectivity index (χ4n) is 0.717. The van der Waals surface area contributed by atoms with Gasteiger partial charge in [-0.1, -0.05) is 6.92 Å². The SMILES string of the molecule is CCCNC(=O)NC(=O)CO[C@H](C)C(=O)O. The predicted molar refractivity (Wildman–Crippen MR) is 54.9 cm³/mol. The first-order chi connectivity index (χ1) is 7.47. The highest BCUT2D eigenvalue weighted by Crippen LogP contribution is 1.89. The highest BCUT2D eigenvalue weighted by molar-refractivity contribution is 5.94. The summed E-state index contributed by atoms with van der Waals surface area (Å²) in [4.78, 5) is 32.4. The summed E-state index contributed by atoms with van der Waals surface area (Å²) in [6.07, 6.45) is -0.321. The van der Waals surface area contributed by atoms with Crippen molar-refractivity contribution < 1.29 is 24.2 Å². The van der Waals surface area contributed by atoms with Gasteiger partial charge in [0.25, 0.3) is 5.91 Å². The van der Waals surface area contributed by atoms with Gasteiger partial charge in [0.2, 0.25) is 0 Å². The van der Waals surface area contributed by atoms with Crippen LogP contribution in [0.15, 0.2) is 0 Å². The molecule has 0 aromatic carbocycles. The zero-order valence-corrected chi connectivity index (χ0v) is 9.28. The van der Waals surface area contributed by atoms with E-state index in [1.165, 1.54) is 6.92 Å². The molecule has 0 bridgehead atoms. The van der Waals surface area contributed by atoms with Gasteiger partial charge in [0.15, 0.2) is 6.10 Å². The Bertz CT molecular complexity index is 267. The Hall–Kier alpha value is -1.63. The van der Waals surface area contributed by atoms with E-state index in [1.807, 2.05) is 12.2 Å². The van der Waals surface area contributed by atoms with Crippen LogP contribution in [0.4, 0.5) is 4.79 Å². The molecular weight excluding hydrogens is 216 g/mol. The Labute approximate surface area is 93.2 Å². The Morgan fingerprint density at radius 2 is 2.00 bits per heavy atom. The van der Waals surface area contributed by atoms with Gasteiger partial charge in [-0.25, -0.2) is 9.59 Å². The number of imide groups is 1. The van der Waals surface area contributed by atoms with Crippen LogP contribution in [0.3, 0.4) is 0 Å². The van der Waals surface area contributed by atoms with Crippen LogP contribution < -0.4 is 10.6 Å². The molecule has 0 fully saturated rings. The van der Waals surface area contributed by atoms with Gasteiger partial charge >= 0.3 is 12.0 Å². The van der Waals surface area contributed by atoms with Gasteiger partial charge in [0.05, 0.1) is 0 Å². The fourth-order valence-corrected chi connectivity index (χ4v) is 0.717. The molecule has 0 rings (SSSR count). The van der Waals surface area contributed by atoms with Gasteiger partial charge in [-0.05, 0) is 13.3 Å². The number of ether oxygens (including phenoxy) is 1. The van der Waals surface area contributed by atoms with E-state index in [0.717, 1.165) is 6.42 Å². The van der Waals surface area contributed by atoms with Crippen molar-refractivity contribution in [2.45, 2.75) is 26.4 Å². The third-order valence-electron chi connectivity index (χ3n) is 1.60. The van der Waals surface area contributed by atoms with Crippen LogP contribution in [0, 0.1) is 0 Å². The lowest BCUT2D eigenvalue weighted by atomic mass is 10.4. The van der Waals surface area contributed by atoms with Crippen molar-refractivity contribution in [1.29, 1.82) is 0 Å². The van der Waals surface area contributed by atoms with E-state index in [4.69, 9.17) is 5.11 Å². The maximum absolute atomic E-state index is 11.1. The molecule has 0 radical (unpaired) electrons. The van der Waals surface area contributed by atoms with Crippen molar-refractivity contribution in [2.24, 2.45) is 0 Å². The summed E-state index contributed by atoms with van der Waals surface area (Å²) >= 11 is 0. The minimum absolute atomic E-state index is 0.464. The molecule has 0 aromatic heterocycles. The molecule has 7 heteroatoms. The lowest BCUT2D eigenvalue weighted by Crippen LogP contribution is -2.42. The topological polar surface area (TPSA) is 105 Å². The Kier molecular flexibility index (Phi) is 6.86. The second-order valence-electron chi connectivity index (χ2n) is 3.10. The molecule has 92 valence electrons. The maximum Gasteiger partial charge on any atom is 0.332 e. The molecular formula is C9H16N2O5. The number of aliphatic carboxylic acids is 1. The first-order valence-corrected chi connectivity index (χ1v) is 4.89. The minimum atomic E-state index is -1.16. The number of hydrogen-bond acceptors (Lipinski definition) is 4. The summed E-state index contributed by atoms with van der Waals surface area (Å²) < 4.78 is 4.68. The zero-order valence-electron chi connectivity index (χ0n) is 9.28. The molecule has 0 aliphatic rings. The van der Waals surface area contributed by atoms with Crippen LogP contribution in [-0.2, 0) is 14.3 Å². The van der Waals surface area contributed by atoms with Crippen molar-refractivity contribution in [3.8, 4) is 0 Å². The normalized spacial score (nSPS) is 11.6. The summed E-state index contributed by atoms with van der Waals surface area (Å²) in [5.74, 6) is -1.84. The number of carboxylic acid groups (broad SMARTS) is 1. The average molecular weight is 232 g/mol. The predicted octanol–water partition coefficient (Wildman–Crippen LogP) is -0.288. The van der Waals surface area contributed by atoms with Crippen molar-refractivity contribution >= 4 is 17.9 Å². The molecule has 0 aromatic rings. The first kappa shape index (κ1) is 14.4. The number of urea groups is 1. The molecule has 1 atom stereocenters. The van der Waals surface area contributed by atoms with E-state index in [-0.39, 0.29) is 0 Å². The zero-order chi connectivity index (χ0) is 12.6. The monoisotopic (exact) mass is 232 g/mol. The van der Waals surface area contributed by atoms with Crippen LogP contribution in [0.5, 0.6) is 0 Å². The van der Waals surface area contributed by atoms with Crippen molar-refractivity contribution in [2.75, 3.05) is 13.2 Å². The molecule has 0 saturated heterocycles. The first-order valence-electron chi connectivity index (χ1n) is 4.89. The molecule has 3 N–H and O–H groups in total. The largest absolute Gasteiger partial charge is 0.479 e. The molecule has 0 aliphatic heterocycles. The average Bonchev–Trinajstić information content (AvgIpc) is 2.22. The maximum atomic E-state index is 11.1. The molecule has 16 heavy (non-hydrogen) atoms. The number of carbonyl (C=O) groups is 3. The van der Waals surface area contributed by atoms with E-state index in [9.17, 15) is 14.4 Å². The fraction of sp³-hybridized carbons (Fsp3) is 0.667. The molecule has 3 amide bonds. The molecule has 0 heterocycles. The molecule has 0 spiro atoms. The van der Waals surface area contributed by atoms with Crippen molar-refractivity contribution in [3.63, 3.8) is 0 Å². The summed E-state index contributed by atoms with van der Waals surface area (Å²) in [6.45, 7) is 3.17. The van der Waals surface area contributed by atoms with E-state index in [1.54, 1.807) is 0 Å². The number of carbonyl (C=O) groups excluding carboxylic acids is 2. The quantitative estimate of drug-likeness (QED) is 0.583. The highest BCUT2D eigenvalue weighted by Gasteiger charge is 2.14. The molecule has 0 unspecified atom stereocenters. The van der Waals surface area contributed by atoms with Gasteiger partial charge in [-0.3, -0.25) is 10.1 Å². The number of nitrogens with one attached hydrogen (secondary N) is 2. The number of hydrogen-bond donors (Lipinski definition) is 3. The Morgan fingerprint density at radius 1 is 1.38 bits per heavy atom. The molecule has 0 aliphatic carbocycles. The highest BCUT2D eigenvalue weighted by atomic mass is 16.5. The van der Waals surface area contributed by atoms with Gasteiger partial charge in [0, 0.05) is 6.54 Å². The summed E-state index contributed by atoms with van der Waals surface area (Å²) in [5.41, 5.74) is 0. The number of carboxylic acids is 1. The van der Waals surface area contributed by atoms with Crippen LogP contribution in [0.1, 0.15) is 20.3 Å². The molecule has 0 saturated carbocycles. The van der Waals surface area contributed by atoms with E-state index < -0.39 is 30.6 Å². The lowest BCUT2D eigenvalue weighted by molar-refractivity contribution is -0.150. The standard InChI is InChI=1S/C9H16N2O5/c1-3-4-10-9(15)11-7(12)5-16-6(2)8(13)14/h6H,3-5H2,1-2H3,(H,13,14)(H2,10,11,12,15)/t6-/m1/s1. The van der Waals surface area contributed by atoms with E-state index in [0.29, 0.717) is 6.54 Å². The van der Waals surface area contributed by atoms with E-state index >= 15 is 0 Å². The second kappa shape index (κ2) is 7.63. The van der Waals surface area contributed by atoms with Gasteiger partial charge < -0.3 is 15.2 Å². The van der Waals surface area contributed by atoms with Crippen molar-refractivity contribution in [3.05, 3.63) is 0 Å². The van der Waals surface area contributed by atoms with Crippen LogP contribution in [0.25, 0.3) is 0 Å². The number of amides is 3. The van der Waals surface area contributed by atoms with E-state index in [2.05, 4.69) is 10.1 Å². The van der Waals surface area contributed by atoms with Crippen molar-refractivity contribution in [1.82, 2.24) is 10.6 Å².